The van der Waals surface area contributed by atoms with E-state index in [4.69, 9.17) is 4.74 Å². The van der Waals surface area contributed by atoms with E-state index >= 15 is 0 Å². The number of hydrogen-bond donors (Lipinski definition) is 1. The number of ether oxygens (including phenoxy) is 1. The van der Waals surface area contributed by atoms with E-state index in [1.165, 1.54) is 0 Å². The molecule has 19 heavy (non-hydrogen) atoms. The van der Waals surface area contributed by atoms with Gasteiger partial charge >= 0.3 is 5.97 Å². The molecule has 1 N–H and O–H groups in total. The zero-order valence-electron chi connectivity index (χ0n) is 12.5. The number of hydrogen-bond acceptors (Lipinski definition) is 3. The summed E-state index contributed by atoms with van der Waals surface area (Å²) in [5.74, 6) is -0.508. The van der Waals surface area contributed by atoms with E-state index in [0.717, 1.165) is 0 Å². The summed E-state index contributed by atoms with van der Waals surface area (Å²) in [5, 5.41) is 0. The molecular weight excluding hydrogens is 244 g/mol. The summed E-state index contributed by atoms with van der Waals surface area (Å²) >= 11 is 0. The van der Waals surface area contributed by atoms with Crippen molar-refractivity contribution in [1.29, 1.82) is 0 Å². The van der Waals surface area contributed by atoms with Gasteiger partial charge in [-0.05, 0) is 40.2 Å². The summed E-state index contributed by atoms with van der Waals surface area (Å²) in [6.07, 6.45) is -0.182. The minimum atomic E-state index is -0.389. The predicted octanol–water partition coefficient (Wildman–Crippen LogP) is 2.29. The van der Waals surface area contributed by atoms with Gasteiger partial charge in [0, 0.05) is 19.3 Å². The number of rotatable bonds is 4. The number of aromatic amines is 1. The molecule has 0 fully saturated rings. The lowest BCUT2D eigenvalue weighted by molar-refractivity contribution is 0.0376. The largest absolute Gasteiger partial charge is 0.459 e. The summed E-state index contributed by atoms with van der Waals surface area (Å²) in [7, 11) is 1.73. The number of amides is 1. The number of nitrogens with one attached hydrogen (secondary N) is 1. The molecule has 0 atom stereocenters. The van der Waals surface area contributed by atoms with E-state index in [0.29, 0.717) is 29.1 Å². The molecule has 1 amide bonds. The van der Waals surface area contributed by atoms with Crippen molar-refractivity contribution in [3.8, 4) is 0 Å². The van der Waals surface area contributed by atoms with Gasteiger partial charge in [-0.25, -0.2) is 4.79 Å². The van der Waals surface area contributed by atoms with Crippen molar-refractivity contribution >= 4 is 11.9 Å². The van der Waals surface area contributed by atoms with Gasteiger partial charge in [0.2, 0.25) is 0 Å². The van der Waals surface area contributed by atoms with E-state index < -0.39 is 0 Å². The van der Waals surface area contributed by atoms with Crippen LogP contribution in [0.15, 0.2) is 0 Å². The molecule has 1 aromatic rings. The topological polar surface area (TPSA) is 62.4 Å². The van der Waals surface area contributed by atoms with E-state index in [1.54, 1.807) is 39.6 Å². The molecule has 0 unspecified atom stereocenters. The van der Waals surface area contributed by atoms with E-state index in [1.807, 2.05) is 6.92 Å². The first-order valence-electron chi connectivity index (χ1n) is 6.45. The third-order valence-corrected chi connectivity index (χ3v) is 3.02. The van der Waals surface area contributed by atoms with Gasteiger partial charge in [-0.1, -0.05) is 0 Å². The van der Waals surface area contributed by atoms with Crippen molar-refractivity contribution in [2.75, 3.05) is 13.6 Å². The third-order valence-electron chi connectivity index (χ3n) is 3.02. The Kier molecular flexibility index (Phi) is 4.75. The van der Waals surface area contributed by atoms with Gasteiger partial charge in [0.25, 0.3) is 5.91 Å². The molecule has 0 spiro atoms. The van der Waals surface area contributed by atoms with Crippen LogP contribution in [0.2, 0.25) is 0 Å². The average Bonchev–Trinajstić information content (AvgIpc) is 2.61. The van der Waals surface area contributed by atoms with Crippen molar-refractivity contribution in [2.45, 2.75) is 40.7 Å². The Morgan fingerprint density at radius 2 is 1.89 bits per heavy atom. The molecule has 106 valence electrons. The number of aromatic nitrogens is 1. The molecule has 0 bridgehead atoms. The molecule has 5 heteroatoms. The van der Waals surface area contributed by atoms with Crippen LogP contribution in [0.1, 0.15) is 52.9 Å². The zero-order valence-corrected chi connectivity index (χ0v) is 12.5. The Labute approximate surface area is 113 Å². The van der Waals surface area contributed by atoms with Crippen LogP contribution >= 0.6 is 0 Å². The molecule has 1 aromatic heterocycles. The first-order valence-corrected chi connectivity index (χ1v) is 6.45. The minimum absolute atomic E-state index is 0.119. The number of nitrogens with zero attached hydrogens (tertiary/aromatic N) is 1. The molecule has 0 saturated heterocycles. The lowest BCUT2D eigenvalue weighted by Gasteiger charge is -2.14. The molecule has 5 nitrogen and oxygen atoms in total. The second kappa shape index (κ2) is 5.91. The monoisotopic (exact) mass is 266 g/mol. The van der Waals surface area contributed by atoms with Crippen LogP contribution in [0, 0.1) is 13.8 Å². The Hall–Kier alpha value is -1.78. The maximum Gasteiger partial charge on any atom is 0.340 e. The normalized spacial score (nSPS) is 10.7. The molecule has 0 aliphatic carbocycles. The highest BCUT2D eigenvalue weighted by molar-refractivity contribution is 6.00. The highest BCUT2D eigenvalue weighted by atomic mass is 16.5. The van der Waals surface area contributed by atoms with Crippen LogP contribution in [0.3, 0.4) is 0 Å². The van der Waals surface area contributed by atoms with Gasteiger partial charge in [-0.15, -0.1) is 0 Å². The van der Waals surface area contributed by atoms with Crippen molar-refractivity contribution in [3.05, 3.63) is 22.5 Å². The van der Waals surface area contributed by atoms with Crippen molar-refractivity contribution in [1.82, 2.24) is 9.88 Å². The number of carbonyl (C=O) groups is 2. The van der Waals surface area contributed by atoms with Gasteiger partial charge in [-0.2, -0.15) is 0 Å². The second-order valence-electron chi connectivity index (χ2n) is 4.90. The Bertz CT molecular complexity index is 489. The average molecular weight is 266 g/mol. The van der Waals surface area contributed by atoms with Crippen LogP contribution in [0.25, 0.3) is 0 Å². The summed E-state index contributed by atoms with van der Waals surface area (Å²) in [5.41, 5.74) is 2.23. The van der Waals surface area contributed by atoms with Crippen LogP contribution < -0.4 is 0 Å². The Balaban J connectivity index is 3.14. The molecule has 0 aliphatic heterocycles. The molecule has 1 rings (SSSR count). The quantitative estimate of drug-likeness (QED) is 0.850. The number of carbonyl (C=O) groups excluding carboxylic acids is 2. The smallest absolute Gasteiger partial charge is 0.340 e. The van der Waals surface area contributed by atoms with Gasteiger partial charge in [-0.3, -0.25) is 4.79 Å². The van der Waals surface area contributed by atoms with Crippen LogP contribution in [-0.2, 0) is 4.74 Å². The first-order chi connectivity index (χ1) is 8.79. The number of aryl methyl sites for hydroxylation is 1. The van der Waals surface area contributed by atoms with Gasteiger partial charge in [0.15, 0.2) is 0 Å². The summed E-state index contributed by atoms with van der Waals surface area (Å²) in [6.45, 7) is 9.64. The highest BCUT2D eigenvalue weighted by Gasteiger charge is 2.24. The minimum Gasteiger partial charge on any atom is -0.459 e. The fourth-order valence-electron chi connectivity index (χ4n) is 1.88. The van der Waals surface area contributed by atoms with E-state index in [9.17, 15) is 9.59 Å². The Morgan fingerprint density at radius 3 is 2.37 bits per heavy atom. The lowest BCUT2D eigenvalue weighted by atomic mass is 10.1. The van der Waals surface area contributed by atoms with Crippen LogP contribution in [-0.4, -0.2) is 41.5 Å². The molecular formula is C14H22N2O3. The van der Waals surface area contributed by atoms with Crippen LogP contribution in [0.4, 0.5) is 0 Å². The molecule has 0 aromatic carbocycles. The maximum atomic E-state index is 12.1. The molecule has 0 aliphatic rings. The fourth-order valence-corrected chi connectivity index (χ4v) is 1.88. The summed E-state index contributed by atoms with van der Waals surface area (Å²) in [4.78, 5) is 28.7. The molecule has 0 saturated carbocycles. The standard InChI is InChI=1S/C14H22N2O3/c1-7-16(6)13(17)12-9(4)11(10(5)15-12)14(18)19-8(2)3/h8,15H,7H2,1-6H3. The Morgan fingerprint density at radius 1 is 1.32 bits per heavy atom. The van der Waals surface area contributed by atoms with E-state index in [-0.39, 0.29) is 18.0 Å². The van der Waals surface area contributed by atoms with Gasteiger partial charge in [0.1, 0.15) is 5.69 Å². The van der Waals surface area contributed by atoms with Crippen LogP contribution in [0.5, 0.6) is 0 Å². The van der Waals surface area contributed by atoms with E-state index in [2.05, 4.69) is 4.98 Å². The highest BCUT2D eigenvalue weighted by Crippen LogP contribution is 2.20. The molecule has 0 radical (unpaired) electrons. The second-order valence-corrected chi connectivity index (χ2v) is 4.90. The number of H-pyrrole nitrogens is 1. The predicted molar refractivity (Wildman–Crippen MR) is 73.5 cm³/mol. The summed E-state index contributed by atoms with van der Waals surface area (Å²) in [6, 6.07) is 0. The maximum absolute atomic E-state index is 12.1. The van der Waals surface area contributed by atoms with Gasteiger partial charge in [0.05, 0.1) is 11.7 Å². The number of esters is 1. The molecule has 1 heterocycles. The summed E-state index contributed by atoms with van der Waals surface area (Å²) < 4.78 is 5.19. The van der Waals surface area contributed by atoms with Crippen molar-refractivity contribution in [2.24, 2.45) is 0 Å². The zero-order chi connectivity index (χ0) is 14.7. The first kappa shape index (κ1) is 15.3. The van der Waals surface area contributed by atoms with Gasteiger partial charge < -0.3 is 14.6 Å². The van der Waals surface area contributed by atoms with Crippen molar-refractivity contribution < 1.29 is 14.3 Å². The SMILES string of the molecule is CCN(C)C(=O)c1[nH]c(C)c(C(=O)OC(C)C)c1C. The van der Waals surface area contributed by atoms with Crippen molar-refractivity contribution in [3.63, 3.8) is 0 Å². The lowest BCUT2D eigenvalue weighted by Crippen LogP contribution is -2.27. The third kappa shape index (κ3) is 3.16. The fraction of sp³-hybridized carbons (Fsp3) is 0.571.